The van der Waals surface area contributed by atoms with Gasteiger partial charge in [0.2, 0.25) is 0 Å². The first kappa shape index (κ1) is 9.17. The zero-order valence-electron chi connectivity index (χ0n) is 7.98. The minimum Gasteiger partial charge on any atom is -0.296 e. The lowest BCUT2D eigenvalue weighted by Gasteiger charge is -2.08. The zero-order valence-corrected chi connectivity index (χ0v) is 7.98. The fourth-order valence-corrected chi connectivity index (χ4v) is 2.07. The molecule has 2 rings (SSSR count). The lowest BCUT2D eigenvalue weighted by molar-refractivity contribution is 0.566. The summed E-state index contributed by atoms with van der Waals surface area (Å²) in [5, 5.41) is 0. The van der Waals surface area contributed by atoms with E-state index in [0.29, 0.717) is 5.92 Å². The largest absolute Gasteiger partial charge is 0.296 e. The van der Waals surface area contributed by atoms with Crippen LogP contribution < -0.4 is 5.73 Å². The van der Waals surface area contributed by atoms with Gasteiger partial charge in [-0.1, -0.05) is 6.07 Å². The highest BCUT2D eigenvalue weighted by Crippen LogP contribution is 2.34. The molecule has 72 valence electrons. The van der Waals surface area contributed by atoms with Gasteiger partial charge in [0.15, 0.2) is 0 Å². The number of hydrogen-bond donors (Lipinski definition) is 1. The molecule has 0 aromatic carbocycles. The minimum atomic E-state index is -0.368. The summed E-state index contributed by atoms with van der Waals surface area (Å²) in [5.41, 5.74) is 8.12. The summed E-state index contributed by atoms with van der Waals surface area (Å²) in [6.07, 6.45) is 4.37. The van der Waals surface area contributed by atoms with E-state index in [1.165, 1.54) is 5.56 Å². The molecule has 0 amide bonds. The van der Waals surface area contributed by atoms with Crippen molar-refractivity contribution in [3.05, 3.63) is 41.0 Å². The maximum absolute atomic E-state index is 6.84. The average molecular weight is 187 g/mol. The van der Waals surface area contributed by atoms with Crippen LogP contribution in [0.4, 0.5) is 0 Å². The Morgan fingerprint density at radius 1 is 1.71 bits per heavy atom. The number of nitrogens with two attached hydrogens (primary N) is 1. The molecule has 3 heteroatoms. The van der Waals surface area contributed by atoms with Gasteiger partial charge in [-0.15, -0.1) is 0 Å². The number of aromatic nitrogens is 1. The van der Waals surface area contributed by atoms with Gasteiger partial charge >= 0.3 is 0 Å². The number of rotatable bonds is 2. The Morgan fingerprint density at radius 2 is 2.57 bits per heavy atom. The molecule has 2 unspecified atom stereocenters. The van der Waals surface area contributed by atoms with Crippen molar-refractivity contribution >= 4 is 0 Å². The van der Waals surface area contributed by atoms with Gasteiger partial charge in [0.25, 0.3) is 6.17 Å². The van der Waals surface area contributed by atoms with Crippen LogP contribution in [0.25, 0.3) is 4.85 Å². The van der Waals surface area contributed by atoms with Gasteiger partial charge in [-0.25, -0.2) is 6.57 Å². The van der Waals surface area contributed by atoms with Gasteiger partial charge in [0.05, 0.1) is 0 Å². The van der Waals surface area contributed by atoms with Crippen LogP contribution in [0.15, 0.2) is 18.3 Å². The summed E-state index contributed by atoms with van der Waals surface area (Å²) < 4.78 is 0. The Morgan fingerprint density at radius 3 is 3.36 bits per heavy atom. The van der Waals surface area contributed by atoms with Gasteiger partial charge in [-0.2, -0.15) is 0 Å². The van der Waals surface area contributed by atoms with Crippen LogP contribution in [-0.4, -0.2) is 11.1 Å². The van der Waals surface area contributed by atoms with Crippen molar-refractivity contribution in [2.75, 3.05) is 0 Å². The van der Waals surface area contributed by atoms with Gasteiger partial charge in [-0.3, -0.25) is 15.6 Å². The van der Waals surface area contributed by atoms with E-state index < -0.39 is 0 Å². The molecular formula is C11H13N3. The molecular weight excluding hydrogens is 174 g/mol. The Balaban J connectivity index is 2.15. The van der Waals surface area contributed by atoms with Crippen molar-refractivity contribution < 1.29 is 0 Å². The van der Waals surface area contributed by atoms with Crippen LogP contribution in [-0.2, 0) is 6.42 Å². The summed E-state index contributed by atoms with van der Waals surface area (Å²) in [6.45, 7) is 6.84. The van der Waals surface area contributed by atoms with E-state index in [2.05, 4.69) is 15.9 Å². The van der Waals surface area contributed by atoms with Crippen molar-refractivity contribution in [3.63, 3.8) is 0 Å². The van der Waals surface area contributed by atoms with Crippen molar-refractivity contribution in [1.82, 2.24) is 4.98 Å². The smallest absolute Gasteiger partial charge is 0.275 e. The second-order valence-electron chi connectivity index (χ2n) is 3.72. The summed E-state index contributed by atoms with van der Waals surface area (Å²) >= 11 is 0. The molecule has 1 aromatic rings. The molecule has 1 aliphatic carbocycles. The summed E-state index contributed by atoms with van der Waals surface area (Å²) in [4.78, 5) is 7.69. The fraction of sp³-hybridized carbons (Fsp3) is 0.455. The van der Waals surface area contributed by atoms with Crippen molar-refractivity contribution in [2.24, 2.45) is 5.73 Å². The molecule has 0 saturated carbocycles. The van der Waals surface area contributed by atoms with Crippen LogP contribution in [0.1, 0.15) is 30.0 Å². The fourth-order valence-electron chi connectivity index (χ4n) is 2.07. The Labute approximate surface area is 83.8 Å². The third-order valence-corrected chi connectivity index (χ3v) is 2.77. The maximum atomic E-state index is 6.84. The van der Waals surface area contributed by atoms with E-state index >= 15 is 0 Å². The van der Waals surface area contributed by atoms with Crippen molar-refractivity contribution in [2.45, 2.75) is 31.3 Å². The number of aryl methyl sites for hydroxylation is 1. The minimum absolute atomic E-state index is 0.368. The van der Waals surface area contributed by atoms with Crippen LogP contribution in [0.2, 0.25) is 0 Å². The lowest BCUT2D eigenvalue weighted by atomic mass is 10.0. The van der Waals surface area contributed by atoms with E-state index in [1.807, 2.05) is 12.3 Å². The topological polar surface area (TPSA) is 43.3 Å². The number of nitrogens with zero attached hydrogens (tertiary/aromatic N) is 2. The SMILES string of the molecule is [C-]#[N+]C(N)CC1CCc2cccnc21. The first-order chi connectivity index (χ1) is 6.81. The molecule has 2 N–H and O–H groups in total. The van der Waals surface area contributed by atoms with E-state index in [1.54, 1.807) is 0 Å². The third kappa shape index (κ3) is 1.61. The number of fused-ring (bicyclic) bond motifs is 1. The second-order valence-corrected chi connectivity index (χ2v) is 3.72. The molecule has 3 nitrogen and oxygen atoms in total. The molecule has 0 bridgehead atoms. The van der Waals surface area contributed by atoms with Gasteiger partial charge in [0, 0.05) is 24.2 Å². The van der Waals surface area contributed by atoms with Crippen molar-refractivity contribution in [3.8, 4) is 0 Å². The monoisotopic (exact) mass is 187 g/mol. The van der Waals surface area contributed by atoms with Crippen molar-refractivity contribution in [1.29, 1.82) is 0 Å². The standard InChI is InChI=1S/C11H13N3/c1-13-10(12)7-9-5-4-8-3-2-6-14-11(8)9/h2-3,6,9-10H,4-5,7,12H2. The molecule has 2 atom stereocenters. The summed E-state index contributed by atoms with van der Waals surface area (Å²) in [5.74, 6) is 0.398. The molecule has 0 radical (unpaired) electrons. The van der Waals surface area contributed by atoms with E-state index in [0.717, 1.165) is 25.0 Å². The van der Waals surface area contributed by atoms with Crippen LogP contribution in [0.3, 0.4) is 0 Å². The summed E-state index contributed by atoms with van der Waals surface area (Å²) in [7, 11) is 0. The number of hydrogen-bond acceptors (Lipinski definition) is 2. The van der Waals surface area contributed by atoms with Crippen LogP contribution in [0.5, 0.6) is 0 Å². The summed E-state index contributed by atoms with van der Waals surface area (Å²) in [6, 6.07) is 4.09. The van der Waals surface area contributed by atoms with Crippen LogP contribution in [0, 0.1) is 6.57 Å². The molecule has 14 heavy (non-hydrogen) atoms. The Bertz CT molecular complexity index is 367. The van der Waals surface area contributed by atoms with E-state index in [4.69, 9.17) is 12.3 Å². The normalized spacial score (nSPS) is 21.3. The predicted molar refractivity (Wildman–Crippen MR) is 54.5 cm³/mol. The predicted octanol–water partition coefficient (Wildman–Crippen LogP) is 1.71. The molecule has 0 aliphatic heterocycles. The maximum Gasteiger partial charge on any atom is 0.275 e. The average Bonchev–Trinajstić information content (AvgIpc) is 2.62. The van der Waals surface area contributed by atoms with Gasteiger partial charge in [-0.05, 0) is 24.5 Å². The lowest BCUT2D eigenvalue weighted by Crippen LogP contribution is -2.18. The second kappa shape index (κ2) is 3.77. The first-order valence-corrected chi connectivity index (χ1v) is 4.87. The van der Waals surface area contributed by atoms with E-state index in [-0.39, 0.29) is 6.17 Å². The highest BCUT2D eigenvalue weighted by Gasteiger charge is 2.26. The molecule has 0 saturated heterocycles. The highest BCUT2D eigenvalue weighted by atomic mass is 14.9. The Kier molecular flexibility index (Phi) is 2.47. The number of pyridine rings is 1. The zero-order chi connectivity index (χ0) is 9.97. The van der Waals surface area contributed by atoms with Crippen LogP contribution >= 0.6 is 0 Å². The highest BCUT2D eigenvalue weighted by molar-refractivity contribution is 5.28. The van der Waals surface area contributed by atoms with E-state index in [9.17, 15) is 0 Å². The molecule has 1 aromatic heterocycles. The Hall–Kier alpha value is -1.40. The molecule has 0 fully saturated rings. The molecule has 0 spiro atoms. The van der Waals surface area contributed by atoms with Gasteiger partial charge in [0.1, 0.15) is 0 Å². The first-order valence-electron chi connectivity index (χ1n) is 4.87. The third-order valence-electron chi connectivity index (χ3n) is 2.77. The van der Waals surface area contributed by atoms with Gasteiger partial charge < -0.3 is 0 Å². The molecule has 1 heterocycles. The molecule has 1 aliphatic rings. The quantitative estimate of drug-likeness (QED) is 0.716.